The van der Waals surface area contributed by atoms with Crippen molar-refractivity contribution in [2.45, 2.75) is 39.2 Å². The van der Waals surface area contributed by atoms with Gasteiger partial charge in [0.25, 0.3) is 5.91 Å². The molecule has 0 aliphatic carbocycles. The molecular weight excluding hydrogens is 356 g/mol. The summed E-state index contributed by atoms with van der Waals surface area (Å²) in [7, 11) is 0. The lowest BCUT2D eigenvalue weighted by molar-refractivity contribution is -0.132. The molecule has 0 saturated carbocycles. The van der Waals surface area contributed by atoms with Gasteiger partial charge in [0.15, 0.2) is 0 Å². The van der Waals surface area contributed by atoms with Crippen molar-refractivity contribution in [3.8, 4) is 0 Å². The van der Waals surface area contributed by atoms with E-state index in [2.05, 4.69) is 15.3 Å². The van der Waals surface area contributed by atoms with Crippen molar-refractivity contribution in [3.05, 3.63) is 18.0 Å². The second kappa shape index (κ2) is 10.0. The Morgan fingerprint density at radius 2 is 2.00 bits per heavy atom. The standard InChI is InChI=1S/C20H34N6O2/c1-3-24(4-2)19(27)16-23-10-6-11-25(14-13-23)20(28)18-8-12-26(22-18)17-7-5-9-21-15-17/h8,12,17,21H,3-7,9-11,13-16H2,1-2H3. The van der Waals surface area contributed by atoms with Gasteiger partial charge in [0, 0.05) is 52.0 Å². The van der Waals surface area contributed by atoms with E-state index in [-0.39, 0.29) is 11.8 Å². The first kappa shape index (κ1) is 20.8. The number of aromatic nitrogens is 2. The van der Waals surface area contributed by atoms with Crippen LogP contribution in [0.15, 0.2) is 12.3 Å². The zero-order valence-electron chi connectivity index (χ0n) is 17.3. The summed E-state index contributed by atoms with van der Waals surface area (Å²) in [4.78, 5) is 31.2. The number of hydrogen-bond donors (Lipinski definition) is 1. The van der Waals surface area contributed by atoms with Crippen molar-refractivity contribution >= 4 is 11.8 Å². The first-order chi connectivity index (χ1) is 13.6. The molecule has 3 heterocycles. The zero-order valence-corrected chi connectivity index (χ0v) is 17.3. The van der Waals surface area contributed by atoms with Gasteiger partial charge in [-0.2, -0.15) is 5.10 Å². The van der Waals surface area contributed by atoms with E-state index in [4.69, 9.17) is 0 Å². The van der Waals surface area contributed by atoms with Crippen molar-refractivity contribution < 1.29 is 9.59 Å². The van der Waals surface area contributed by atoms with Crippen LogP contribution >= 0.6 is 0 Å². The number of nitrogens with zero attached hydrogens (tertiary/aromatic N) is 5. The molecule has 2 amide bonds. The molecule has 1 N–H and O–H groups in total. The molecule has 3 rings (SSSR count). The van der Waals surface area contributed by atoms with E-state index in [1.807, 2.05) is 40.6 Å². The number of carbonyl (C=O) groups is 2. The highest BCUT2D eigenvalue weighted by molar-refractivity contribution is 5.92. The quantitative estimate of drug-likeness (QED) is 0.779. The van der Waals surface area contributed by atoms with Crippen LogP contribution in [-0.2, 0) is 4.79 Å². The monoisotopic (exact) mass is 390 g/mol. The largest absolute Gasteiger partial charge is 0.342 e. The van der Waals surface area contributed by atoms with Gasteiger partial charge < -0.3 is 15.1 Å². The first-order valence-electron chi connectivity index (χ1n) is 10.7. The Bertz CT molecular complexity index is 651. The van der Waals surface area contributed by atoms with Gasteiger partial charge in [-0.15, -0.1) is 0 Å². The Kier molecular flexibility index (Phi) is 7.44. The molecule has 8 nitrogen and oxygen atoms in total. The highest BCUT2D eigenvalue weighted by Gasteiger charge is 2.24. The molecule has 2 fully saturated rings. The number of nitrogens with one attached hydrogen (secondary N) is 1. The van der Waals surface area contributed by atoms with Crippen LogP contribution in [0.3, 0.4) is 0 Å². The van der Waals surface area contributed by atoms with E-state index in [1.54, 1.807) is 0 Å². The number of likely N-dealkylation sites (N-methyl/N-ethyl adjacent to an activating group) is 1. The van der Waals surface area contributed by atoms with Gasteiger partial charge in [-0.3, -0.25) is 19.2 Å². The van der Waals surface area contributed by atoms with Gasteiger partial charge in [-0.1, -0.05) is 0 Å². The molecule has 28 heavy (non-hydrogen) atoms. The third-order valence-corrected chi connectivity index (χ3v) is 5.82. The molecule has 2 saturated heterocycles. The van der Waals surface area contributed by atoms with Crippen LogP contribution < -0.4 is 5.32 Å². The maximum atomic E-state index is 12.9. The summed E-state index contributed by atoms with van der Waals surface area (Å²) < 4.78 is 1.94. The summed E-state index contributed by atoms with van der Waals surface area (Å²) in [6.45, 7) is 10.8. The maximum Gasteiger partial charge on any atom is 0.274 e. The third-order valence-electron chi connectivity index (χ3n) is 5.82. The molecule has 1 unspecified atom stereocenters. The van der Waals surface area contributed by atoms with Gasteiger partial charge in [-0.05, 0) is 45.7 Å². The molecule has 2 aliphatic rings. The van der Waals surface area contributed by atoms with E-state index in [0.29, 0.717) is 31.4 Å². The molecule has 1 aromatic rings. The Morgan fingerprint density at radius 1 is 1.18 bits per heavy atom. The third kappa shape index (κ3) is 5.11. The molecule has 1 aromatic heterocycles. The Hall–Kier alpha value is -1.93. The summed E-state index contributed by atoms with van der Waals surface area (Å²) in [5.41, 5.74) is 0.526. The maximum absolute atomic E-state index is 12.9. The fourth-order valence-electron chi connectivity index (χ4n) is 4.08. The minimum absolute atomic E-state index is 0.000520. The summed E-state index contributed by atoms with van der Waals surface area (Å²) in [6, 6.07) is 2.17. The van der Waals surface area contributed by atoms with E-state index >= 15 is 0 Å². The number of hydrogen-bond acceptors (Lipinski definition) is 5. The average Bonchev–Trinajstić information content (AvgIpc) is 3.10. The van der Waals surface area contributed by atoms with E-state index < -0.39 is 0 Å². The van der Waals surface area contributed by atoms with Crippen molar-refractivity contribution in [2.24, 2.45) is 0 Å². The zero-order chi connectivity index (χ0) is 19.9. The van der Waals surface area contributed by atoms with Gasteiger partial charge >= 0.3 is 0 Å². The minimum atomic E-state index is -0.000520. The molecule has 0 spiro atoms. The molecule has 156 valence electrons. The molecule has 1 atom stereocenters. The van der Waals surface area contributed by atoms with Crippen LogP contribution in [0.1, 0.15) is 49.6 Å². The van der Waals surface area contributed by atoms with Crippen LogP contribution in [0.5, 0.6) is 0 Å². The first-order valence-corrected chi connectivity index (χ1v) is 10.7. The van der Waals surface area contributed by atoms with Crippen molar-refractivity contribution in [1.29, 1.82) is 0 Å². The summed E-state index contributed by atoms with van der Waals surface area (Å²) >= 11 is 0. The van der Waals surface area contributed by atoms with Crippen LogP contribution in [0, 0.1) is 0 Å². The SMILES string of the molecule is CCN(CC)C(=O)CN1CCCN(C(=O)c2ccn(C3CCCNC3)n2)CC1. The van der Waals surface area contributed by atoms with Crippen LogP contribution in [0.2, 0.25) is 0 Å². The smallest absolute Gasteiger partial charge is 0.274 e. The highest BCUT2D eigenvalue weighted by atomic mass is 16.2. The number of amides is 2. The van der Waals surface area contributed by atoms with E-state index in [0.717, 1.165) is 58.5 Å². The summed E-state index contributed by atoms with van der Waals surface area (Å²) in [5.74, 6) is 0.170. The predicted octanol–water partition coefficient (Wildman–Crippen LogP) is 0.824. The summed E-state index contributed by atoms with van der Waals surface area (Å²) in [5, 5.41) is 7.95. The minimum Gasteiger partial charge on any atom is -0.342 e. The molecule has 2 aliphatic heterocycles. The predicted molar refractivity (Wildman–Crippen MR) is 108 cm³/mol. The number of rotatable bonds is 6. The highest BCUT2D eigenvalue weighted by Crippen LogP contribution is 2.16. The average molecular weight is 391 g/mol. The van der Waals surface area contributed by atoms with Gasteiger partial charge in [0.05, 0.1) is 12.6 Å². The second-order valence-corrected chi connectivity index (χ2v) is 7.67. The van der Waals surface area contributed by atoms with Crippen LogP contribution in [-0.4, -0.2) is 95.2 Å². The van der Waals surface area contributed by atoms with Gasteiger partial charge in [0.2, 0.25) is 5.91 Å². The lowest BCUT2D eigenvalue weighted by Gasteiger charge is -2.25. The lowest BCUT2D eigenvalue weighted by Crippen LogP contribution is -2.42. The van der Waals surface area contributed by atoms with Crippen molar-refractivity contribution in [3.63, 3.8) is 0 Å². The number of piperidine rings is 1. The van der Waals surface area contributed by atoms with Crippen LogP contribution in [0.4, 0.5) is 0 Å². The van der Waals surface area contributed by atoms with Crippen molar-refractivity contribution in [2.75, 3.05) is 58.9 Å². The Balaban J connectivity index is 1.54. The van der Waals surface area contributed by atoms with E-state index in [9.17, 15) is 9.59 Å². The summed E-state index contributed by atoms with van der Waals surface area (Å²) in [6.07, 6.45) is 5.05. The van der Waals surface area contributed by atoms with E-state index in [1.165, 1.54) is 0 Å². The van der Waals surface area contributed by atoms with Crippen molar-refractivity contribution in [1.82, 2.24) is 29.8 Å². The lowest BCUT2D eigenvalue weighted by atomic mass is 10.1. The topological polar surface area (TPSA) is 73.7 Å². The molecule has 8 heteroatoms. The fraction of sp³-hybridized carbons (Fsp3) is 0.750. The Labute approximate surface area is 167 Å². The number of carbonyl (C=O) groups excluding carboxylic acids is 2. The normalized spacial score (nSPS) is 21.4. The molecule has 0 aromatic carbocycles. The molecule has 0 bridgehead atoms. The van der Waals surface area contributed by atoms with Gasteiger partial charge in [0.1, 0.15) is 5.69 Å². The fourth-order valence-corrected chi connectivity index (χ4v) is 4.08. The van der Waals surface area contributed by atoms with Crippen LogP contribution in [0.25, 0.3) is 0 Å². The Morgan fingerprint density at radius 3 is 2.71 bits per heavy atom. The second-order valence-electron chi connectivity index (χ2n) is 7.67. The van der Waals surface area contributed by atoms with Gasteiger partial charge in [-0.25, -0.2) is 0 Å². The molecular formula is C20H34N6O2. The molecule has 0 radical (unpaired) electrons.